The number of hydrogen-bond donors (Lipinski definition) is 0. The summed E-state index contributed by atoms with van der Waals surface area (Å²) in [6.07, 6.45) is 0.635. The molecule has 1 heterocycles. The van der Waals surface area contributed by atoms with Crippen LogP contribution in [0.2, 0.25) is 0 Å². The highest BCUT2D eigenvalue weighted by Gasteiger charge is 2.34. The minimum Gasteiger partial charge on any atom is -0.383 e. The maximum atomic E-state index is 13.2. The van der Waals surface area contributed by atoms with Crippen LogP contribution in [-0.2, 0) is 14.3 Å². The van der Waals surface area contributed by atoms with Crippen molar-refractivity contribution in [2.45, 2.75) is 33.2 Å². The lowest BCUT2D eigenvalue weighted by Gasteiger charge is -2.26. The number of amides is 2. The minimum atomic E-state index is -0.200. The molecule has 0 radical (unpaired) electrons. The molecule has 0 aliphatic carbocycles. The fourth-order valence-corrected chi connectivity index (χ4v) is 3.56. The van der Waals surface area contributed by atoms with Gasteiger partial charge in [-0.2, -0.15) is 5.10 Å². The molecule has 0 fully saturated rings. The number of hydrogen-bond acceptors (Lipinski definition) is 4. The number of carbonyl (C=O) groups is 2. The van der Waals surface area contributed by atoms with E-state index in [0.717, 1.165) is 16.8 Å². The van der Waals surface area contributed by atoms with Crippen LogP contribution in [0.5, 0.6) is 0 Å². The van der Waals surface area contributed by atoms with Gasteiger partial charge in [-0.05, 0) is 42.2 Å². The highest BCUT2D eigenvalue weighted by atomic mass is 16.5. The summed E-state index contributed by atoms with van der Waals surface area (Å²) in [6, 6.07) is 16.0. The van der Waals surface area contributed by atoms with E-state index < -0.39 is 0 Å². The van der Waals surface area contributed by atoms with E-state index in [2.05, 4.69) is 32.0 Å². The first-order chi connectivity index (χ1) is 14.4. The molecule has 1 aliphatic rings. The number of carbonyl (C=O) groups excluding carboxylic acids is 2. The Labute approximate surface area is 178 Å². The third-order valence-electron chi connectivity index (χ3n) is 5.53. The summed E-state index contributed by atoms with van der Waals surface area (Å²) < 4.78 is 5.07. The van der Waals surface area contributed by atoms with Gasteiger partial charge in [0.1, 0.15) is 6.54 Å². The van der Waals surface area contributed by atoms with E-state index in [1.807, 2.05) is 30.3 Å². The number of rotatable bonds is 7. The lowest BCUT2D eigenvalue weighted by atomic mass is 9.96. The Hall–Kier alpha value is -2.99. The first-order valence-electron chi connectivity index (χ1n) is 10.2. The van der Waals surface area contributed by atoms with Gasteiger partial charge in [0.25, 0.3) is 5.91 Å². The zero-order chi connectivity index (χ0) is 21.7. The SMILES string of the molecule is COCCN(CC(=O)N1N=C(c2ccc(C)c(C)c2)C[C@@H]1c1ccccc1)C(C)=O. The normalized spacial score (nSPS) is 15.8. The third-order valence-corrected chi connectivity index (χ3v) is 5.53. The summed E-state index contributed by atoms with van der Waals surface area (Å²) in [7, 11) is 1.58. The number of ether oxygens (including phenoxy) is 1. The largest absolute Gasteiger partial charge is 0.383 e. The van der Waals surface area contributed by atoms with Gasteiger partial charge in [0.05, 0.1) is 18.4 Å². The van der Waals surface area contributed by atoms with Gasteiger partial charge in [-0.1, -0.05) is 42.5 Å². The Kier molecular flexibility index (Phi) is 7.00. The molecule has 1 aliphatic heterocycles. The summed E-state index contributed by atoms with van der Waals surface area (Å²) in [5, 5.41) is 6.25. The van der Waals surface area contributed by atoms with Crippen molar-refractivity contribution in [2.24, 2.45) is 5.10 Å². The highest BCUT2D eigenvalue weighted by molar-refractivity contribution is 6.03. The molecular weight excluding hydrogens is 378 g/mol. The predicted octanol–water partition coefficient (Wildman–Crippen LogP) is 3.48. The second-order valence-corrected chi connectivity index (χ2v) is 7.65. The Morgan fingerprint density at radius 1 is 1.13 bits per heavy atom. The maximum absolute atomic E-state index is 13.2. The fourth-order valence-electron chi connectivity index (χ4n) is 3.56. The Bertz CT molecular complexity index is 940. The van der Waals surface area contributed by atoms with Gasteiger partial charge in [-0.3, -0.25) is 9.59 Å². The highest BCUT2D eigenvalue weighted by Crippen LogP contribution is 2.33. The van der Waals surface area contributed by atoms with Gasteiger partial charge in [-0.15, -0.1) is 0 Å². The first kappa shape index (κ1) is 21.7. The number of methoxy groups -OCH3 is 1. The minimum absolute atomic E-state index is 0.0221. The van der Waals surface area contributed by atoms with Gasteiger partial charge in [0, 0.05) is 27.0 Å². The molecule has 0 unspecified atom stereocenters. The standard InChI is InChI=1S/C24H29N3O3/c1-17-10-11-21(14-18(17)2)22-15-23(20-8-6-5-7-9-20)27(25-22)24(29)16-26(19(3)28)12-13-30-4/h5-11,14,23H,12-13,15-16H2,1-4H3/t23-/m1/s1. The molecule has 2 amide bonds. The molecule has 0 saturated heterocycles. The zero-order valence-corrected chi connectivity index (χ0v) is 18.1. The smallest absolute Gasteiger partial charge is 0.262 e. The molecule has 0 saturated carbocycles. The van der Waals surface area contributed by atoms with Gasteiger partial charge in [-0.25, -0.2) is 5.01 Å². The van der Waals surface area contributed by atoms with Crippen molar-refractivity contribution >= 4 is 17.5 Å². The van der Waals surface area contributed by atoms with Gasteiger partial charge < -0.3 is 9.64 Å². The summed E-state index contributed by atoms with van der Waals surface area (Å²) in [5.41, 5.74) is 5.35. The van der Waals surface area contributed by atoms with E-state index in [1.54, 1.807) is 12.1 Å². The van der Waals surface area contributed by atoms with E-state index in [9.17, 15) is 9.59 Å². The van der Waals surface area contributed by atoms with Gasteiger partial charge in [0.15, 0.2) is 0 Å². The van der Waals surface area contributed by atoms with Gasteiger partial charge >= 0.3 is 0 Å². The molecule has 2 aromatic rings. The van der Waals surface area contributed by atoms with Crippen molar-refractivity contribution in [2.75, 3.05) is 26.8 Å². The van der Waals surface area contributed by atoms with Crippen LogP contribution < -0.4 is 0 Å². The number of benzene rings is 2. The molecule has 1 atom stereocenters. The summed E-state index contributed by atoms with van der Waals surface area (Å²) in [5.74, 6) is -0.358. The summed E-state index contributed by atoms with van der Waals surface area (Å²) in [6.45, 7) is 6.35. The Balaban J connectivity index is 1.89. The van der Waals surface area contributed by atoms with Crippen molar-refractivity contribution < 1.29 is 14.3 Å². The molecule has 0 spiro atoms. The Morgan fingerprint density at radius 3 is 2.50 bits per heavy atom. The number of nitrogens with zero attached hydrogens (tertiary/aromatic N) is 3. The maximum Gasteiger partial charge on any atom is 0.262 e. The molecule has 2 aromatic carbocycles. The van der Waals surface area contributed by atoms with Crippen molar-refractivity contribution in [3.05, 3.63) is 70.8 Å². The van der Waals surface area contributed by atoms with Crippen molar-refractivity contribution in [3.63, 3.8) is 0 Å². The average Bonchev–Trinajstić information content (AvgIpc) is 3.19. The molecule has 30 heavy (non-hydrogen) atoms. The van der Waals surface area contributed by atoms with Crippen LogP contribution in [0.3, 0.4) is 0 Å². The van der Waals surface area contributed by atoms with Crippen molar-refractivity contribution in [3.8, 4) is 0 Å². The molecule has 158 valence electrons. The topological polar surface area (TPSA) is 62.2 Å². The predicted molar refractivity (Wildman–Crippen MR) is 117 cm³/mol. The molecular formula is C24H29N3O3. The molecule has 3 rings (SSSR count). The molecule has 6 heteroatoms. The average molecular weight is 408 g/mol. The monoisotopic (exact) mass is 407 g/mol. The zero-order valence-electron chi connectivity index (χ0n) is 18.1. The summed E-state index contributed by atoms with van der Waals surface area (Å²) in [4.78, 5) is 26.7. The van der Waals surface area contributed by atoms with Crippen molar-refractivity contribution in [1.29, 1.82) is 0 Å². The molecule has 6 nitrogen and oxygen atoms in total. The lowest BCUT2D eigenvalue weighted by Crippen LogP contribution is -2.41. The van der Waals surface area contributed by atoms with Crippen LogP contribution in [0.15, 0.2) is 53.6 Å². The van der Waals surface area contributed by atoms with Crippen LogP contribution in [0.4, 0.5) is 0 Å². The van der Waals surface area contributed by atoms with Crippen LogP contribution >= 0.6 is 0 Å². The van der Waals surface area contributed by atoms with Crippen LogP contribution in [-0.4, -0.2) is 54.2 Å². The number of aryl methyl sites for hydroxylation is 2. The van der Waals surface area contributed by atoms with E-state index >= 15 is 0 Å². The lowest BCUT2D eigenvalue weighted by molar-refractivity contribution is -0.141. The van der Waals surface area contributed by atoms with Crippen molar-refractivity contribution in [1.82, 2.24) is 9.91 Å². The molecule has 0 N–H and O–H groups in total. The summed E-state index contributed by atoms with van der Waals surface area (Å²) >= 11 is 0. The van der Waals surface area contributed by atoms with Crippen LogP contribution in [0.1, 0.15) is 41.6 Å². The quantitative estimate of drug-likeness (QED) is 0.706. The first-order valence-corrected chi connectivity index (χ1v) is 10.2. The van der Waals surface area contributed by atoms with E-state index in [1.165, 1.54) is 23.0 Å². The molecule has 0 bridgehead atoms. The van der Waals surface area contributed by atoms with Gasteiger partial charge in [0.2, 0.25) is 5.91 Å². The second kappa shape index (κ2) is 9.67. The van der Waals surface area contributed by atoms with E-state index in [4.69, 9.17) is 9.84 Å². The van der Waals surface area contributed by atoms with E-state index in [-0.39, 0.29) is 24.4 Å². The molecule has 0 aromatic heterocycles. The number of hydrazone groups is 1. The third kappa shape index (κ3) is 4.94. The fraction of sp³-hybridized carbons (Fsp3) is 0.375. The Morgan fingerprint density at radius 2 is 1.87 bits per heavy atom. The van der Waals surface area contributed by atoms with E-state index in [0.29, 0.717) is 19.6 Å². The van der Waals surface area contributed by atoms with Crippen LogP contribution in [0, 0.1) is 13.8 Å². The second-order valence-electron chi connectivity index (χ2n) is 7.65. The van der Waals surface area contributed by atoms with Crippen LogP contribution in [0.25, 0.3) is 0 Å².